The molecule has 0 bridgehead atoms. The zero-order valence-corrected chi connectivity index (χ0v) is 11.9. The van der Waals surface area contributed by atoms with Gasteiger partial charge in [0.05, 0.1) is 18.0 Å². The molecule has 114 valence electrons. The van der Waals surface area contributed by atoms with Gasteiger partial charge in [-0.25, -0.2) is 4.79 Å². The molecule has 1 amide bonds. The fourth-order valence-corrected chi connectivity index (χ4v) is 1.75. The Morgan fingerprint density at radius 3 is 2.24 bits per heavy atom. The molecule has 1 atom stereocenters. The molecule has 1 aromatic rings. The van der Waals surface area contributed by atoms with Gasteiger partial charge in [0, 0.05) is 12.2 Å². The first-order valence-corrected chi connectivity index (χ1v) is 6.34. The molecule has 0 saturated heterocycles. The van der Waals surface area contributed by atoms with Gasteiger partial charge in [-0.2, -0.15) is 0 Å². The van der Waals surface area contributed by atoms with Crippen LogP contribution in [0.2, 0.25) is 0 Å². The number of likely N-dealkylation sites (N-methyl/N-ethyl adjacent to an activating group) is 1. The molecule has 0 heterocycles. The maximum Gasteiger partial charge on any atom is 0.335 e. The Morgan fingerprint density at radius 1 is 1.19 bits per heavy atom. The molecule has 0 aliphatic carbocycles. The first kappa shape index (κ1) is 16.6. The largest absolute Gasteiger partial charge is 0.481 e. The number of nitrogens with one attached hydrogen (secondary N) is 1. The Balaban J connectivity index is 2.49. The molecule has 1 unspecified atom stereocenters. The molecular weight excluding hydrogens is 276 g/mol. The van der Waals surface area contributed by atoms with Gasteiger partial charge >= 0.3 is 11.9 Å². The van der Waals surface area contributed by atoms with Crippen molar-refractivity contribution in [2.24, 2.45) is 5.92 Å². The molecule has 21 heavy (non-hydrogen) atoms. The Bertz CT molecular complexity index is 527. The second-order valence-corrected chi connectivity index (χ2v) is 4.87. The third-order valence-electron chi connectivity index (χ3n) is 2.84. The highest BCUT2D eigenvalue weighted by atomic mass is 16.4. The highest BCUT2D eigenvalue weighted by molar-refractivity contribution is 5.93. The lowest BCUT2D eigenvalue weighted by Crippen LogP contribution is -2.35. The topological polar surface area (TPSA) is 107 Å². The molecule has 1 aromatic carbocycles. The lowest BCUT2D eigenvalue weighted by Gasteiger charge is -2.18. The van der Waals surface area contributed by atoms with Crippen LogP contribution in [0.25, 0.3) is 0 Å². The van der Waals surface area contributed by atoms with E-state index in [1.165, 1.54) is 24.3 Å². The number of aromatic carboxylic acids is 1. The molecular formula is C14H18N2O5. The molecule has 3 N–H and O–H groups in total. The van der Waals surface area contributed by atoms with E-state index in [9.17, 15) is 14.4 Å². The average Bonchev–Trinajstić information content (AvgIpc) is 2.38. The minimum atomic E-state index is -1.03. The predicted octanol–water partition coefficient (Wildman–Crippen LogP) is 0.976. The number of carboxylic acid groups (broad SMARTS) is 2. The van der Waals surface area contributed by atoms with E-state index in [2.05, 4.69) is 5.32 Å². The van der Waals surface area contributed by atoms with Crippen molar-refractivity contribution >= 4 is 23.5 Å². The summed E-state index contributed by atoms with van der Waals surface area (Å²) < 4.78 is 0. The summed E-state index contributed by atoms with van der Waals surface area (Å²) in [5.74, 6) is -2.79. The molecule has 0 aliphatic heterocycles. The van der Waals surface area contributed by atoms with Crippen LogP contribution in [0.3, 0.4) is 0 Å². The van der Waals surface area contributed by atoms with E-state index in [0.29, 0.717) is 5.69 Å². The van der Waals surface area contributed by atoms with Gasteiger partial charge in [-0.3, -0.25) is 14.5 Å². The number of carbonyl (C=O) groups excluding carboxylic acids is 1. The van der Waals surface area contributed by atoms with Crippen molar-refractivity contribution in [1.29, 1.82) is 0 Å². The number of hydrogen-bond donors (Lipinski definition) is 3. The Hall–Kier alpha value is -2.41. The summed E-state index contributed by atoms with van der Waals surface area (Å²) in [6, 6.07) is 5.80. The minimum Gasteiger partial charge on any atom is -0.481 e. The molecule has 0 spiro atoms. The zero-order valence-electron chi connectivity index (χ0n) is 11.9. The van der Waals surface area contributed by atoms with Crippen LogP contribution in [-0.4, -0.2) is 53.1 Å². The van der Waals surface area contributed by atoms with Crippen molar-refractivity contribution in [3.8, 4) is 0 Å². The van der Waals surface area contributed by atoms with E-state index in [4.69, 9.17) is 10.2 Å². The number of carbonyl (C=O) groups is 3. The summed E-state index contributed by atoms with van der Waals surface area (Å²) in [6.45, 7) is 1.89. The van der Waals surface area contributed by atoms with Crippen LogP contribution in [0.15, 0.2) is 24.3 Å². The maximum atomic E-state index is 11.8. The summed E-state index contributed by atoms with van der Waals surface area (Å²) in [6.07, 6.45) is 0. The number of amides is 1. The van der Waals surface area contributed by atoms with Crippen molar-refractivity contribution in [2.45, 2.75) is 6.92 Å². The van der Waals surface area contributed by atoms with Crippen LogP contribution in [0.4, 0.5) is 5.69 Å². The molecule has 0 aliphatic rings. The summed E-state index contributed by atoms with van der Waals surface area (Å²) in [7, 11) is 1.66. The maximum absolute atomic E-state index is 11.8. The monoisotopic (exact) mass is 294 g/mol. The summed E-state index contributed by atoms with van der Waals surface area (Å²) in [5.41, 5.74) is 0.630. The quantitative estimate of drug-likeness (QED) is 0.692. The second kappa shape index (κ2) is 7.39. The van der Waals surface area contributed by atoms with Gasteiger partial charge in [0.25, 0.3) is 0 Å². The van der Waals surface area contributed by atoms with E-state index in [-0.39, 0.29) is 24.6 Å². The van der Waals surface area contributed by atoms with Gasteiger partial charge in [0.2, 0.25) is 5.91 Å². The van der Waals surface area contributed by atoms with Crippen molar-refractivity contribution in [1.82, 2.24) is 4.90 Å². The van der Waals surface area contributed by atoms with E-state index < -0.39 is 17.9 Å². The molecule has 1 rings (SSSR count). The van der Waals surface area contributed by atoms with Gasteiger partial charge in [-0.1, -0.05) is 6.92 Å². The lowest BCUT2D eigenvalue weighted by molar-refractivity contribution is -0.141. The van der Waals surface area contributed by atoms with Gasteiger partial charge in [-0.05, 0) is 31.3 Å². The van der Waals surface area contributed by atoms with Crippen LogP contribution >= 0.6 is 0 Å². The smallest absolute Gasteiger partial charge is 0.335 e. The lowest BCUT2D eigenvalue weighted by atomic mass is 10.2. The van der Waals surface area contributed by atoms with E-state index in [1.807, 2.05) is 0 Å². The Kier molecular flexibility index (Phi) is 5.86. The number of aliphatic carboxylic acids is 1. The summed E-state index contributed by atoms with van der Waals surface area (Å²) in [4.78, 5) is 34.8. The Labute approximate surface area is 122 Å². The average molecular weight is 294 g/mol. The summed E-state index contributed by atoms with van der Waals surface area (Å²) in [5, 5.41) is 20.2. The number of anilines is 1. The SMILES string of the molecule is CC(CN(C)CC(=O)Nc1ccc(C(=O)O)cc1)C(=O)O. The highest BCUT2D eigenvalue weighted by Crippen LogP contribution is 2.09. The molecule has 7 nitrogen and oxygen atoms in total. The van der Waals surface area contributed by atoms with Gasteiger partial charge in [-0.15, -0.1) is 0 Å². The van der Waals surface area contributed by atoms with Crippen LogP contribution < -0.4 is 5.32 Å². The number of rotatable bonds is 7. The van der Waals surface area contributed by atoms with Crippen molar-refractivity contribution in [3.05, 3.63) is 29.8 Å². The number of hydrogen-bond acceptors (Lipinski definition) is 4. The van der Waals surface area contributed by atoms with Gasteiger partial charge < -0.3 is 15.5 Å². The number of nitrogens with zero attached hydrogens (tertiary/aromatic N) is 1. The fourth-order valence-electron chi connectivity index (χ4n) is 1.75. The molecule has 0 radical (unpaired) electrons. The summed E-state index contributed by atoms with van der Waals surface area (Å²) >= 11 is 0. The third-order valence-corrected chi connectivity index (χ3v) is 2.84. The molecule has 0 aromatic heterocycles. The van der Waals surface area contributed by atoms with E-state index in [1.54, 1.807) is 18.9 Å². The van der Waals surface area contributed by atoms with Crippen LogP contribution in [-0.2, 0) is 9.59 Å². The van der Waals surface area contributed by atoms with Crippen molar-refractivity contribution in [2.75, 3.05) is 25.5 Å². The standard InChI is InChI=1S/C14H18N2O5/c1-9(13(18)19)7-16(2)8-12(17)15-11-5-3-10(4-6-11)14(20)21/h3-6,9H,7-8H2,1-2H3,(H,15,17)(H,18,19)(H,20,21). The van der Waals surface area contributed by atoms with Gasteiger partial charge in [0.15, 0.2) is 0 Å². The molecule has 0 saturated carbocycles. The zero-order chi connectivity index (χ0) is 16.0. The van der Waals surface area contributed by atoms with Crippen LogP contribution in [0, 0.1) is 5.92 Å². The third kappa shape index (κ3) is 5.62. The van der Waals surface area contributed by atoms with Crippen molar-refractivity contribution in [3.63, 3.8) is 0 Å². The van der Waals surface area contributed by atoms with Gasteiger partial charge in [0.1, 0.15) is 0 Å². The first-order valence-electron chi connectivity index (χ1n) is 6.34. The van der Waals surface area contributed by atoms with E-state index >= 15 is 0 Å². The normalized spacial score (nSPS) is 12.0. The Morgan fingerprint density at radius 2 is 1.76 bits per heavy atom. The second-order valence-electron chi connectivity index (χ2n) is 4.87. The number of benzene rings is 1. The van der Waals surface area contributed by atoms with Crippen molar-refractivity contribution < 1.29 is 24.6 Å². The van der Waals surface area contributed by atoms with Crippen LogP contribution in [0.5, 0.6) is 0 Å². The number of carboxylic acids is 2. The first-order chi connectivity index (χ1) is 9.79. The fraction of sp³-hybridized carbons (Fsp3) is 0.357. The highest BCUT2D eigenvalue weighted by Gasteiger charge is 2.15. The van der Waals surface area contributed by atoms with Crippen LogP contribution in [0.1, 0.15) is 17.3 Å². The minimum absolute atomic E-state index is 0.0539. The molecule has 0 fully saturated rings. The van der Waals surface area contributed by atoms with E-state index in [0.717, 1.165) is 0 Å². The predicted molar refractivity (Wildman–Crippen MR) is 76.3 cm³/mol. The molecule has 7 heteroatoms.